The molecule has 0 saturated heterocycles. The fourth-order valence-electron chi connectivity index (χ4n) is 2.12. The minimum absolute atomic E-state index is 0.0322. The molecule has 1 atom stereocenters. The van der Waals surface area contributed by atoms with Gasteiger partial charge in [-0.05, 0) is 43.2 Å². The predicted molar refractivity (Wildman–Crippen MR) is 85.5 cm³/mol. The maximum Gasteiger partial charge on any atom is 0.123 e. The number of anilines is 1. The van der Waals surface area contributed by atoms with Crippen molar-refractivity contribution in [1.82, 2.24) is 0 Å². The number of halogens is 1. The van der Waals surface area contributed by atoms with Crippen molar-refractivity contribution >= 4 is 22.9 Å². The van der Waals surface area contributed by atoms with Crippen molar-refractivity contribution in [2.45, 2.75) is 19.9 Å². The molecule has 20 heavy (non-hydrogen) atoms. The molecule has 3 N–H and O–H groups in total. The van der Waals surface area contributed by atoms with Gasteiger partial charge in [-0.25, -0.2) is 4.39 Å². The van der Waals surface area contributed by atoms with Crippen LogP contribution in [0.2, 0.25) is 0 Å². The van der Waals surface area contributed by atoms with E-state index in [0.717, 1.165) is 22.4 Å². The van der Waals surface area contributed by atoms with Gasteiger partial charge >= 0.3 is 0 Å². The van der Waals surface area contributed by atoms with Gasteiger partial charge in [-0.2, -0.15) is 0 Å². The number of benzene rings is 2. The van der Waals surface area contributed by atoms with Crippen LogP contribution in [0.4, 0.5) is 10.1 Å². The van der Waals surface area contributed by atoms with Crippen molar-refractivity contribution in [1.29, 1.82) is 0 Å². The highest BCUT2D eigenvalue weighted by molar-refractivity contribution is 7.80. The van der Waals surface area contributed by atoms with Crippen molar-refractivity contribution in [3.05, 3.63) is 65.0 Å². The molecular formula is C16H17FN2S. The predicted octanol–water partition coefficient (Wildman–Crippen LogP) is 3.94. The molecule has 0 aliphatic rings. The van der Waals surface area contributed by atoms with Crippen molar-refractivity contribution in [3.63, 3.8) is 0 Å². The first-order valence-electron chi connectivity index (χ1n) is 6.40. The van der Waals surface area contributed by atoms with Gasteiger partial charge in [0.1, 0.15) is 10.8 Å². The van der Waals surface area contributed by atoms with E-state index >= 15 is 0 Å². The molecule has 104 valence electrons. The van der Waals surface area contributed by atoms with Crippen LogP contribution in [0.25, 0.3) is 0 Å². The summed E-state index contributed by atoms with van der Waals surface area (Å²) in [5.74, 6) is -0.235. The van der Waals surface area contributed by atoms with E-state index in [1.54, 1.807) is 12.1 Å². The summed E-state index contributed by atoms with van der Waals surface area (Å²) in [6.07, 6.45) is 0. The molecule has 0 aromatic heterocycles. The van der Waals surface area contributed by atoms with E-state index in [-0.39, 0.29) is 11.9 Å². The first-order valence-corrected chi connectivity index (χ1v) is 6.81. The Morgan fingerprint density at radius 1 is 1.20 bits per heavy atom. The number of thiocarbonyl (C=S) groups is 1. The monoisotopic (exact) mass is 288 g/mol. The molecule has 2 nitrogen and oxygen atoms in total. The highest BCUT2D eigenvalue weighted by Gasteiger charge is 2.12. The maximum atomic E-state index is 13.0. The number of para-hydroxylation sites is 1. The van der Waals surface area contributed by atoms with E-state index in [0.29, 0.717) is 4.99 Å². The Kier molecular flexibility index (Phi) is 4.35. The molecule has 0 aliphatic heterocycles. The lowest BCUT2D eigenvalue weighted by Gasteiger charge is -2.20. The van der Waals surface area contributed by atoms with Gasteiger partial charge in [0.2, 0.25) is 0 Å². The van der Waals surface area contributed by atoms with Gasteiger partial charge in [-0.1, -0.05) is 36.5 Å². The quantitative estimate of drug-likeness (QED) is 0.837. The lowest BCUT2D eigenvalue weighted by molar-refractivity contribution is 0.626. The van der Waals surface area contributed by atoms with Crippen LogP contribution in [0.1, 0.15) is 29.7 Å². The number of aryl methyl sites for hydroxylation is 1. The van der Waals surface area contributed by atoms with Crippen LogP contribution < -0.4 is 11.1 Å². The molecule has 2 aromatic carbocycles. The maximum absolute atomic E-state index is 13.0. The van der Waals surface area contributed by atoms with E-state index < -0.39 is 0 Å². The van der Waals surface area contributed by atoms with Crippen LogP contribution >= 0.6 is 12.2 Å². The molecule has 1 unspecified atom stereocenters. The first kappa shape index (κ1) is 14.5. The number of hydrogen-bond donors (Lipinski definition) is 2. The molecule has 2 rings (SSSR count). The van der Waals surface area contributed by atoms with Gasteiger partial charge < -0.3 is 11.1 Å². The normalized spacial score (nSPS) is 11.9. The topological polar surface area (TPSA) is 38.0 Å². The van der Waals surface area contributed by atoms with Crippen LogP contribution in [0.3, 0.4) is 0 Å². The number of hydrogen-bond acceptors (Lipinski definition) is 2. The van der Waals surface area contributed by atoms with E-state index in [4.69, 9.17) is 18.0 Å². The third kappa shape index (κ3) is 3.14. The Bertz CT molecular complexity index is 623. The summed E-state index contributed by atoms with van der Waals surface area (Å²) in [4.78, 5) is 0.363. The number of nitrogens with two attached hydrogens (primary N) is 1. The fraction of sp³-hybridized carbons (Fsp3) is 0.188. The number of rotatable bonds is 4. The Hall–Kier alpha value is -1.94. The summed E-state index contributed by atoms with van der Waals surface area (Å²) < 4.78 is 13.0. The van der Waals surface area contributed by atoms with Gasteiger partial charge in [-0.15, -0.1) is 0 Å². The molecule has 2 aromatic rings. The average Bonchev–Trinajstić information content (AvgIpc) is 2.41. The standard InChI is InChI=1S/C16H17FN2S/c1-10-4-3-5-14(16(18)20)15(10)19-11(2)12-6-8-13(17)9-7-12/h3-9,11,19H,1-2H3,(H2,18,20). The summed E-state index contributed by atoms with van der Waals surface area (Å²) in [6.45, 7) is 4.02. The van der Waals surface area contributed by atoms with Crippen molar-refractivity contribution in [2.24, 2.45) is 5.73 Å². The molecule has 4 heteroatoms. The molecule has 0 amide bonds. The zero-order valence-corrected chi connectivity index (χ0v) is 12.3. The summed E-state index contributed by atoms with van der Waals surface area (Å²) in [5.41, 5.74) is 9.59. The summed E-state index contributed by atoms with van der Waals surface area (Å²) in [7, 11) is 0. The van der Waals surface area contributed by atoms with E-state index in [1.165, 1.54) is 12.1 Å². The van der Waals surface area contributed by atoms with E-state index in [2.05, 4.69) is 5.32 Å². The SMILES string of the molecule is Cc1cccc(C(N)=S)c1NC(C)c1ccc(F)cc1. The molecule has 0 radical (unpaired) electrons. The van der Waals surface area contributed by atoms with Gasteiger partial charge in [0.15, 0.2) is 0 Å². The van der Waals surface area contributed by atoms with Gasteiger partial charge in [0, 0.05) is 17.3 Å². The molecule has 0 heterocycles. The third-order valence-electron chi connectivity index (χ3n) is 3.27. The molecule has 0 aliphatic carbocycles. The summed E-state index contributed by atoms with van der Waals surface area (Å²) in [6, 6.07) is 12.3. The van der Waals surface area contributed by atoms with E-state index in [1.807, 2.05) is 32.0 Å². The lowest BCUT2D eigenvalue weighted by Crippen LogP contribution is -2.16. The van der Waals surface area contributed by atoms with Crippen LogP contribution in [0.5, 0.6) is 0 Å². The Morgan fingerprint density at radius 2 is 1.85 bits per heavy atom. The molecule has 0 saturated carbocycles. The molecule has 0 fully saturated rings. The van der Waals surface area contributed by atoms with Crippen molar-refractivity contribution in [3.8, 4) is 0 Å². The molecule has 0 bridgehead atoms. The molecular weight excluding hydrogens is 271 g/mol. The van der Waals surface area contributed by atoms with Gasteiger partial charge in [0.25, 0.3) is 0 Å². The van der Waals surface area contributed by atoms with Crippen molar-refractivity contribution in [2.75, 3.05) is 5.32 Å². The van der Waals surface area contributed by atoms with Crippen LogP contribution in [0.15, 0.2) is 42.5 Å². The molecule has 0 spiro atoms. The second-order valence-corrected chi connectivity index (χ2v) is 5.22. The van der Waals surface area contributed by atoms with Crippen LogP contribution in [0, 0.1) is 12.7 Å². The first-order chi connectivity index (χ1) is 9.49. The Morgan fingerprint density at radius 3 is 2.45 bits per heavy atom. The van der Waals surface area contributed by atoms with E-state index in [9.17, 15) is 4.39 Å². The minimum atomic E-state index is -0.235. The zero-order chi connectivity index (χ0) is 14.7. The third-order valence-corrected chi connectivity index (χ3v) is 3.49. The lowest BCUT2D eigenvalue weighted by atomic mass is 10.0. The second-order valence-electron chi connectivity index (χ2n) is 4.78. The van der Waals surface area contributed by atoms with Crippen molar-refractivity contribution < 1.29 is 4.39 Å². The second kappa shape index (κ2) is 6.01. The smallest absolute Gasteiger partial charge is 0.123 e. The van der Waals surface area contributed by atoms with Crippen LogP contribution in [-0.4, -0.2) is 4.99 Å². The van der Waals surface area contributed by atoms with Gasteiger partial charge in [0.05, 0.1) is 0 Å². The summed E-state index contributed by atoms with van der Waals surface area (Å²) in [5, 5.41) is 3.41. The number of nitrogens with one attached hydrogen (secondary N) is 1. The van der Waals surface area contributed by atoms with Gasteiger partial charge in [-0.3, -0.25) is 0 Å². The summed E-state index contributed by atoms with van der Waals surface area (Å²) >= 11 is 5.08. The Balaban J connectivity index is 2.30. The Labute approximate surface area is 123 Å². The van der Waals surface area contributed by atoms with Crippen LogP contribution in [-0.2, 0) is 0 Å². The highest BCUT2D eigenvalue weighted by Crippen LogP contribution is 2.26. The highest BCUT2D eigenvalue weighted by atomic mass is 32.1. The minimum Gasteiger partial charge on any atom is -0.389 e. The largest absolute Gasteiger partial charge is 0.389 e. The zero-order valence-electron chi connectivity index (χ0n) is 11.5. The average molecular weight is 288 g/mol. The fourth-order valence-corrected chi connectivity index (χ4v) is 2.29.